The fourth-order valence-electron chi connectivity index (χ4n) is 2.68. The van der Waals surface area contributed by atoms with E-state index in [1.807, 2.05) is 24.3 Å². The topological polar surface area (TPSA) is 66.5 Å². The predicted molar refractivity (Wildman–Crippen MR) is 123 cm³/mol. The maximum absolute atomic E-state index is 12.7. The maximum Gasteiger partial charge on any atom is 0.264 e. The first-order valence-electron chi connectivity index (χ1n) is 9.18. The van der Waals surface area contributed by atoms with Gasteiger partial charge in [0, 0.05) is 34.8 Å². The summed E-state index contributed by atoms with van der Waals surface area (Å²) >= 11 is 7.49. The molecule has 0 bridgehead atoms. The second-order valence-electron chi connectivity index (χ2n) is 6.39. The van der Waals surface area contributed by atoms with Gasteiger partial charge in [0.15, 0.2) is 0 Å². The quantitative estimate of drug-likeness (QED) is 0.391. The number of anilines is 1. The summed E-state index contributed by atoms with van der Waals surface area (Å²) in [6.45, 7) is 0.510. The molecule has 0 aliphatic heterocycles. The molecular weight excluding hydrogens is 440 g/mol. The Hall–Kier alpha value is -2.48. The van der Waals surface area contributed by atoms with E-state index in [1.54, 1.807) is 66.4 Å². The molecule has 8 heteroatoms. The van der Waals surface area contributed by atoms with Gasteiger partial charge in [0.25, 0.3) is 15.9 Å². The Bertz CT molecular complexity index is 1090. The molecule has 0 unspecified atom stereocenters. The van der Waals surface area contributed by atoms with Gasteiger partial charge < -0.3 is 5.32 Å². The van der Waals surface area contributed by atoms with Gasteiger partial charge in [-0.3, -0.25) is 9.10 Å². The molecule has 0 atom stereocenters. The highest BCUT2D eigenvalue weighted by Gasteiger charge is 2.21. The molecule has 0 saturated carbocycles. The number of carbonyl (C=O) groups excluding carboxylic acids is 1. The zero-order valence-electron chi connectivity index (χ0n) is 16.3. The number of benzene rings is 3. The molecule has 5 nitrogen and oxygen atoms in total. The van der Waals surface area contributed by atoms with Crippen LogP contribution >= 0.6 is 23.4 Å². The van der Waals surface area contributed by atoms with Crippen LogP contribution in [0.1, 0.15) is 10.4 Å². The standard InChI is InChI=1S/C22H21ClN2O3S2/c1-25(30(27,28)21-5-3-2-4-6-21)19-11-7-17(8-12-19)22(26)24-15-16-29-20-13-9-18(23)10-14-20/h2-14H,15-16H2,1H3,(H,24,26). The maximum atomic E-state index is 12.7. The molecule has 0 aliphatic carbocycles. The van der Waals surface area contributed by atoms with Crippen molar-refractivity contribution in [3.63, 3.8) is 0 Å². The number of nitrogens with zero attached hydrogens (tertiary/aromatic N) is 1. The molecule has 0 saturated heterocycles. The lowest BCUT2D eigenvalue weighted by molar-refractivity contribution is 0.0956. The third-order valence-corrected chi connectivity index (χ3v) is 7.43. The van der Waals surface area contributed by atoms with Crippen LogP contribution < -0.4 is 9.62 Å². The average Bonchev–Trinajstić information content (AvgIpc) is 2.78. The molecule has 0 heterocycles. The number of carbonyl (C=O) groups is 1. The van der Waals surface area contributed by atoms with E-state index in [2.05, 4.69) is 5.32 Å². The van der Waals surface area contributed by atoms with E-state index in [0.29, 0.717) is 22.8 Å². The van der Waals surface area contributed by atoms with Gasteiger partial charge in [-0.1, -0.05) is 29.8 Å². The van der Waals surface area contributed by atoms with Crippen LogP contribution in [0.4, 0.5) is 5.69 Å². The van der Waals surface area contributed by atoms with Crippen LogP contribution in [0.2, 0.25) is 5.02 Å². The average molecular weight is 461 g/mol. The lowest BCUT2D eigenvalue weighted by Crippen LogP contribution is -2.27. The van der Waals surface area contributed by atoms with E-state index < -0.39 is 10.0 Å². The Morgan fingerprint density at radius 2 is 1.60 bits per heavy atom. The van der Waals surface area contributed by atoms with Crippen molar-refractivity contribution in [2.75, 3.05) is 23.7 Å². The number of sulfonamides is 1. The van der Waals surface area contributed by atoms with E-state index in [9.17, 15) is 13.2 Å². The molecule has 30 heavy (non-hydrogen) atoms. The third kappa shape index (κ3) is 5.56. The molecule has 3 rings (SSSR count). The first-order chi connectivity index (χ1) is 14.4. The number of amides is 1. The molecule has 156 valence electrons. The largest absolute Gasteiger partial charge is 0.351 e. The highest BCUT2D eigenvalue weighted by Crippen LogP contribution is 2.22. The van der Waals surface area contributed by atoms with Gasteiger partial charge in [0.05, 0.1) is 10.6 Å². The van der Waals surface area contributed by atoms with E-state index in [-0.39, 0.29) is 10.8 Å². The van der Waals surface area contributed by atoms with Crippen molar-refractivity contribution in [3.8, 4) is 0 Å². The monoisotopic (exact) mass is 460 g/mol. The highest BCUT2D eigenvalue weighted by molar-refractivity contribution is 7.99. The molecular formula is C22H21ClN2O3S2. The van der Waals surface area contributed by atoms with Gasteiger partial charge in [-0.15, -0.1) is 11.8 Å². The Morgan fingerprint density at radius 3 is 2.23 bits per heavy atom. The summed E-state index contributed by atoms with van der Waals surface area (Å²) in [6, 6.07) is 22.3. The Labute approximate surface area is 186 Å². The fraction of sp³-hybridized carbons (Fsp3) is 0.136. The van der Waals surface area contributed by atoms with Crippen molar-refractivity contribution >= 4 is 45.0 Å². The summed E-state index contributed by atoms with van der Waals surface area (Å²) in [5, 5.41) is 3.56. The molecule has 0 radical (unpaired) electrons. The zero-order valence-corrected chi connectivity index (χ0v) is 18.7. The van der Waals surface area contributed by atoms with Crippen LogP contribution in [0.3, 0.4) is 0 Å². The number of thioether (sulfide) groups is 1. The molecule has 0 aromatic heterocycles. The highest BCUT2D eigenvalue weighted by atomic mass is 35.5. The fourth-order valence-corrected chi connectivity index (χ4v) is 4.79. The molecule has 0 fully saturated rings. The molecule has 0 aliphatic rings. The second kappa shape index (κ2) is 10.0. The van der Waals surface area contributed by atoms with E-state index in [4.69, 9.17) is 11.6 Å². The second-order valence-corrected chi connectivity index (χ2v) is 9.96. The first kappa shape index (κ1) is 22.2. The van der Waals surface area contributed by atoms with E-state index in [1.165, 1.54) is 11.4 Å². The third-order valence-electron chi connectivity index (χ3n) is 4.36. The number of hydrogen-bond acceptors (Lipinski definition) is 4. The minimum absolute atomic E-state index is 0.202. The molecule has 1 N–H and O–H groups in total. The summed E-state index contributed by atoms with van der Waals surface area (Å²) in [5.74, 6) is 0.524. The SMILES string of the molecule is CN(c1ccc(C(=O)NCCSc2ccc(Cl)cc2)cc1)S(=O)(=O)c1ccccc1. The number of nitrogens with one attached hydrogen (secondary N) is 1. The van der Waals surface area contributed by atoms with E-state index >= 15 is 0 Å². The summed E-state index contributed by atoms with van der Waals surface area (Å²) in [4.78, 5) is 13.6. The van der Waals surface area contributed by atoms with Crippen molar-refractivity contribution < 1.29 is 13.2 Å². The van der Waals surface area contributed by atoms with Crippen LogP contribution in [-0.4, -0.2) is 33.7 Å². The summed E-state index contributed by atoms with van der Waals surface area (Å²) < 4.78 is 26.6. The summed E-state index contributed by atoms with van der Waals surface area (Å²) in [5.41, 5.74) is 0.953. The number of hydrogen-bond donors (Lipinski definition) is 1. The molecule has 3 aromatic carbocycles. The Balaban J connectivity index is 1.55. The number of halogens is 1. The normalized spacial score (nSPS) is 11.1. The van der Waals surface area contributed by atoms with Crippen molar-refractivity contribution in [2.24, 2.45) is 0 Å². The lowest BCUT2D eigenvalue weighted by Gasteiger charge is -2.19. The van der Waals surface area contributed by atoms with Gasteiger partial charge >= 0.3 is 0 Å². The molecule has 3 aromatic rings. The van der Waals surface area contributed by atoms with Crippen molar-refractivity contribution in [3.05, 3.63) is 89.4 Å². The molecule has 1 amide bonds. The lowest BCUT2D eigenvalue weighted by atomic mass is 10.2. The summed E-state index contributed by atoms with van der Waals surface area (Å²) in [7, 11) is -2.16. The smallest absolute Gasteiger partial charge is 0.264 e. The van der Waals surface area contributed by atoms with Crippen LogP contribution in [0, 0.1) is 0 Å². The van der Waals surface area contributed by atoms with Crippen LogP contribution in [0.25, 0.3) is 0 Å². The van der Waals surface area contributed by atoms with Gasteiger partial charge in [-0.05, 0) is 60.7 Å². The first-order valence-corrected chi connectivity index (χ1v) is 12.0. The summed E-state index contributed by atoms with van der Waals surface area (Å²) in [6.07, 6.45) is 0. The van der Waals surface area contributed by atoms with Crippen molar-refractivity contribution in [1.29, 1.82) is 0 Å². The van der Waals surface area contributed by atoms with Crippen molar-refractivity contribution in [2.45, 2.75) is 9.79 Å². The van der Waals surface area contributed by atoms with Gasteiger partial charge in [0.1, 0.15) is 0 Å². The van der Waals surface area contributed by atoms with Crippen LogP contribution in [0.15, 0.2) is 88.7 Å². The Morgan fingerprint density at radius 1 is 0.967 bits per heavy atom. The van der Waals surface area contributed by atoms with Crippen LogP contribution in [-0.2, 0) is 10.0 Å². The minimum atomic E-state index is -3.65. The Kier molecular flexibility index (Phi) is 7.42. The number of rotatable bonds is 8. The van der Waals surface area contributed by atoms with Gasteiger partial charge in [-0.2, -0.15) is 0 Å². The minimum Gasteiger partial charge on any atom is -0.351 e. The van der Waals surface area contributed by atoms with E-state index in [0.717, 1.165) is 10.6 Å². The predicted octanol–water partition coefficient (Wildman–Crippen LogP) is 4.69. The van der Waals surface area contributed by atoms with Crippen molar-refractivity contribution in [1.82, 2.24) is 5.32 Å². The van der Waals surface area contributed by atoms with Gasteiger partial charge in [0.2, 0.25) is 0 Å². The van der Waals surface area contributed by atoms with Crippen LogP contribution in [0.5, 0.6) is 0 Å². The molecule has 0 spiro atoms. The zero-order chi connectivity index (χ0) is 21.6. The van der Waals surface area contributed by atoms with Gasteiger partial charge in [-0.25, -0.2) is 8.42 Å².